The summed E-state index contributed by atoms with van der Waals surface area (Å²) in [6.07, 6.45) is 0.808. The van der Waals surface area contributed by atoms with Crippen LogP contribution in [-0.2, 0) is 6.42 Å². The Labute approximate surface area is 120 Å². The number of hydrogen-bond donors (Lipinski definition) is 1. The maximum Gasteiger partial charge on any atom is 0.0456 e. The summed E-state index contributed by atoms with van der Waals surface area (Å²) in [7, 11) is 0. The summed E-state index contributed by atoms with van der Waals surface area (Å²) in [6, 6.07) is 12.5. The van der Waals surface area contributed by atoms with Crippen molar-refractivity contribution in [3.05, 3.63) is 69.2 Å². The second-order valence-corrected chi connectivity index (χ2v) is 5.66. The molecule has 0 aliphatic rings. The van der Waals surface area contributed by atoms with Crippen molar-refractivity contribution >= 4 is 11.6 Å². The molecule has 1 unspecified atom stereocenters. The first-order chi connectivity index (χ1) is 8.97. The molecular formula is C17H20ClN. The Morgan fingerprint density at radius 1 is 1.00 bits per heavy atom. The van der Waals surface area contributed by atoms with Crippen molar-refractivity contribution in [2.45, 2.75) is 33.2 Å². The minimum Gasteiger partial charge on any atom is -0.324 e. The van der Waals surface area contributed by atoms with E-state index in [4.69, 9.17) is 17.3 Å². The van der Waals surface area contributed by atoms with Gasteiger partial charge in [-0.05, 0) is 55.5 Å². The van der Waals surface area contributed by atoms with Gasteiger partial charge in [-0.3, -0.25) is 0 Å². The molecule has 0 heterocycles. The zero-order valence-electron chi connectivity index (χ0n) is 11.7. The molecule has 0 aromatic heterocycles. The smallest absolute Gasteiger partial charge is 0.0456 e. The van der Waals surface area contributed by atoms with Crippen LogP contribution in [0.2, 0.25) is 5.02 Å². The molecule has 0 radical (unpaired) electrons. The molecule has 0 saturated carbocycles. The molecule has 0 fully saturated rings. The Morgan fingerprint density at radius 3 is 2.21 bits per heavy atom. The van der Waals surface area contributed by atoms with Crippen molar-refractivity contribution in [2.75, 3.05) is 0 Å². The molecule has 0 amide bonds. The van der Waals surface area contributed by atoms with Gasteiger partial charge in [-0.15, -0.1) is 0 Å². The summed E-state index contributed by atoms with van der Waals surface area (Å²) in [6.45, 7) is 6.24. The van der Waals surface area contributed by atoms with Crippen LogP contribution in [-0.4, -0.2) is 0 Å². The van der Waals surface area contributed by atoms with E-state index >= 15 is 0 Å². The molecule has 0 aliphatic carbocycles. The molecule has 1 atom stereocenters. The predicted molar refractivity (Wildman–Crippen MR) is 82.7 cm³/mol. The van der Waals surface area contributed by atoms with Crippen LogP contribution < -0.4 is 5.73 Å². The van der Waals surface area contributed by atoms with Gasteiger partial charge < -0.3 is 5.73 Å². The summed E-state index contributed by atoms with van der Waals surface area (Å²) in [4.78, 5) is 0. The van der Waals surface area contributed by atoms with E-state index in [2.05, 4.69) is 51.1 Å². The van der Waals surface area contributed by atoms with Crippen molar-refractivity contribution in [1.82, 2.24) is 0 Å². The molecule has 2 N–H and O–H groups in total. The van der Waals surface area contributed by atoms with Crippen LogP contribution in [0.15, 0.2) is 36.4 Å². The Balaban J connectivity index is 2.22. The van der Waals surface area contributed by atoms with Gasteiger partial charge in [0.05, 0.1) is 0 Å². The third-order valence-electron chi connectivity index (χ3n) is 3.59. The fourth-order valence-corrected chi connectivity index (χ4v) is 2.53. The van der Waals surface area contributed by atoms with Gasteiger partial charge in [0.1, 0.15) is 0 Å². The van der Waals surface area contributed by atoms with Gasteiger partial charge in [-0.25, -0.2) is 0 Å². The highest BCUT2D eigenvalue weighted by atomic mass is 35.5. The van der Waals surface area contributed by atoms with Gasteiger partial charge in [-0.2, -0.15) is 0 Å². The lowest BCUT2D eigenvalue weighted by Crippen LogP contribution is -2.14. The van der Waals surface area contributed by atoms with Gasteiger partial charge in [-0.1, -0.05) is 47.5 Å². The van der Waals surface area contributed by atoms with Crippen molar-refractivity contribution < 1.29 is 0 Å². The molecule has 19 heavy (non-hydrogen) atoms. The van der Waals surface area contributed by atoms with Crippen LogP contribution in [0, 0.1) is 20.8 Å². The summed E-state index contributed by atoms with van der Waals surface area (Å²) in [5.41, 5.74) is 12.3. The maximum absolute atomic E-state index is 6.31. The lowest BCUT2D eigenvalue weighted by atomic mass is 9.96. The normalized spacial score (nSPS) is 12.5. The highest BCUT2D eigenvalue weighted by molar-refractivity contribution is 6.31. The molecule has 2 rings (SSSR count). The third kappa shape index (κ3) is 3.37. The highest BCUT2D eigenvalue weighted by Gasteiger charge is 2.12. The Kier molecular flexibility index (Phi) is 4.28. The topological polar surface area (TPSA) is 26.0 Å². The average molecular weight is 274 g/mol. The van der Waals surface area contributed by atoms with Gasteiger partial charge >= 0.3 is 0 Å². The molecule has 100 valence electrons. The van der Waals surface area contributed by atoms with Gasteiger partial charge in [0.2, 0.25) is 0 Å². The minimum absolute atomic E-state index is 0.0606. The monoisotopic (exact) mass is 273 g/mol. The number of hydrogen-bond acceptors (Lipinski definition) is 1. The summed E-state index contributed by atoms with van der Waals surface area (Å²) < 4.78 is 0. The first-order valence-electron chi connectivity index (χ1n) is 6.55. The van der Waals surface area contributed by atoms with E-state index in [1.54, 1.807) is 0 Å². The molecule has 2 aromatic rings. The number of rotatable bonds is 3. The standard InChI is InChI=1S/C17H20ClN/c1-11-4-6-14(7-5-11)10-17(19)15-8-12(2)13(3)9-16(15)18/h4-9,17H,10,19H2,1-3H3. The Hall–Kier alpha value is -1.31. The summed E-state index contributed by atoms with van der Waals surface area (Å²) in [5.74, 6) is 0. The van der Waals surface area contributed by atoms with Crippen molar-refractivity contribution in [3.63, 3.8) is 0 Å². The first kappa shape index (κ1) is 14.1. The number of aryl methyl sites for hydroxylation is 3. The highest BCUT2D eigenvalue weighted by Crippen LogP contribution is 2.27. The summed E-state index contributed by atoms with van der Waals surface area (Å²) in [5, 5.41) is 0.766. The van der Waals surface area contributed by atoms with Crippen LogP contribution in [0.4, 0.5) is 0 Å². The molecule has 1 nitrogen and oxygen atoms in total. The van der Waals surface area contributed by atoms with Crippen molar-refractivity contribution in [2.24, 2.45) is 5.73 Å². The largest absolute Gasteiger partial charge is 0.324 e. The van der Waals surface area contributed by atoms with E-state index in [0.717, 1.165) is 17.0 Å². The van der Waals surface area contributed by atoms with Gasteiger partial charge in [0, 0.05) is 11.1 Å². The zero-order valence-corrected chi connectivity index (χ0v) is 12.5. The second-order valence-electron chi connectivity index (χ2n) is 5.25. The van der Waals surface area contributed by atoms with Crippen LogP contribution in [0.25, 0.3) is 0 Å². The molecule has 0 aliphatic heterocycles. The van der Waals surface area contributed by atoms with E-state index in [0.29, 0.717) is 0 Å². The SMILES string of the molecule is Cc1ccc(CC(N)c2cc(C)c(C)cc2Cl)cc1. The molecule has 0 spiro atoms. The van der Waals surface area contributed by atoms with E-state index in [9.17, 15) is 0 Å². The Bertz CT molecular complexity index is 573. The van der Waals surface area contributed by atoms with E-state index in [1.165, 1.54) is 22.3 Å². The lowest BCUT2D eigenvalue weighted by Gasteiger charge is -2.16. The molecule has 2 aromatic carbocycles. The average Bonchev–Trinajstić information content (AvgIpc) is 2.36. The molecular weight excluding hydrogens is 254 g/mol. The number of benzene rings is 2. The molecule has 0 bridgehead atoms. The first-order valence-corrected chi connectivity index (χ1v) is 6.93. The zero-order chi connectivity index (χ0) is 14.0. The van der Waals surface area contributed by atoms with E-state index in [-0.39, 0.29) is 6.04 Å². The second kappa shape index (κ2) is 5.77. The van der Waals surface area contributed by atoms with E-state index in [1.807, 2.05) is 6.07 Å². The van der Waals surface area contributed by atoms with Crippen molar-refractivity contribution in [1.29, 1.82) is 0 Å². The fourth-order valence-electron chi connectivity index (χ4n) is 2.18. The van der Waals surface area contributed by atoms with Gasteiger partial charge in [0.15, 0.2) is 0 Å². The lowest BCUT2D eigenvalue weighted by molar-refractivity contribution is 0.721. The number of halogens is 1. The Morgan fingerprint density at radius 2 is 1.58 bits per heavy atom. The van der Waals surface area contributed by atoms with Crippen molar-refractivity contribution in [3.8, 4) is 0 Å². The van der Waals surface area contributed by atoms with Crippen LogP contribution >= 0.6 is 11.6 Å². The maximum atomic E-state index is 6.31. The molecule has 0 saturated heterocycles. The van der Waals surface area contributed by atoms with E-state index < -0.39 is 0 Å². The quantitative estimate of drug-likeness (QED) is 0.875. The fraction of sp³-hybridized carbons (Fsp3) is 0.294. The van der Waals surface area contributed by atoms with Crippen LogP contribution in [0.1, 0.15) is 33.9 Å². The minimum atomic E-state index is -0.0606. The third-order valence-corrected chi connectivity index (χ3v) is 3.92. The predicted octanol–water partition coefficient (Wildman–Crippen LogP) is 4.51. The summed E-state index contributed by atoms with van der Waals surface area (Å²) >= 11 is 6.31. The van der Waals surface area contributed by atoms with Gasteiger partial charge in [0.25, 0.3) is 0 Å². The van der Waals surface area contributed by atoms with Crippen LogP contribution in [0.5, 0.6) is 0 Å². The van der Waals surface area contributed by atoms with Crippen LogP contribution in [0.3, 0.4) is 0 Å². The molecule has 2 heteroatoms. The number of nitrogens with two attached hydrogens (primary N) is 1.